The Morgan fingerprint density at radius 2 is 1.33 bits per heavy atom. The topological polar surface area (TPSA) is 24.3 Å². The van der Waals surface area contributed by atoms with Gasteiger partial charge in [0, 0.05) is 54.5 Å². The smallest absolute Gasteiger partial charge is 0.0410 e. The standard InChI is InChI=1S/C45H31N4S.Pt/c1-28-23-29(2)44(30(3)24-28)48-27-47(38-19-7-8-20-39(38)48)31-13-12-14-32(25-31)49-37-18-6-4-15-33(37)43-40(49)26-35(36-17-10-11-22-46-36)42-34-16-5-9-21-41(34)50-45(42)43;/h4-24,27H,1-3H3;/q-3;. The molecule has 0 bridgehead atoms. The number of hydrogen-bond acceptors (Lipinski definition) is 4. The van der Waals surface area contributed by atoms with Crippen molar-refractivity contribution in [3.63, 3.8) is 0 Å². The number of pyridine rings is 1. The fraction of sp³-hybridized carbons (Fsp3) is 0.0667. The normalized spacial score (nSPS) is 12.7. The third kappa shape index (κ3) is 4.87. The zero-order chi connectivity index (χ0) is 33.5. The molecule has 6 aromatic carbocycles. The Labute approximate surface area is 315 Å². The molecule has 51 heavy (non-hydrogen) atoms. The van der Waals surface area contributed by atoms with Gasteiger partial charge in [-0.25, -0.2) is 0 Å². The fourth-order valence-electron chi connectivity index (χ4n) is 7.94. The molecule has 0 atom stereocenters. The average Bonchev–Trinajstić information content (AvgIpc) is 3.81. The van der Waals surface area contributed by atoms with E-state index in [0.717, 1.165) is 45.0 Å². The molecule has 0 saturated heterocycles. The van der Waals surface area contributed by atoms with E-state index in [-0.39, 0.29) is 21.1 Å². The fourth-order valence-corrected chi connectivity index (χ4v) is 9.21. The van der Waals surface area contributed by atoms with Crippen LogP contribution in [-0.4, -0.2) is 9.55 Å². The molecule has 0 radical (unpaired) electrons. The van der Waals surface area contributed by atoms with Gasteiger partial charge in [-0.2, -0.15) is 17.4 Å². The Bertz CT molecular complexity index is 2780. The molecule has 0 fully saturated rings. The van der Waals surface area contributed by atoms with E-state index in [2.05, 4.69) is 169 Å². The van der Waals surface area contributed by atoms with E-state index in [1.54, 1.807) is 0 Å². The first-order chi connectivity index (χ1) is 24.5. The van der Waals surface area contributed by atoms with E-state index in [4.69, 9.17) is 4.98 Å². The van der Waals surface area contributed by atoms with Crippen molar-refractivity contribution < 1.29 is 21.1 Å². The number of rotatable bonds is 4. The van der Waals surface area contributed by atoms with E-state index in [9.17, 15) is 0 Å². The molecule has 1 aliphatic heterocycles. The minimum atomic E-state index is 0. The maximum atomic E-state index is 4.83. The van der Waals surface area contributed by atoms with Gasteiger partial charge in [-0.3, -0.25) is 0 Å². The summed E-state index contributed by atoms with van der Waals surface area (Å²) in [4.78, 5) is 9.41. The third-order valence-electron chi connectivity index (χ3n) is 9.88. The second kappa shape index (κ2) is 12.2. The summed E-state index contributed by atoms with van der Waals surface area (Å²) in [5.41, 5.74) is 13.3. The minimum absolute atomic E-state index is 0. The summed E-state index contributed by atoms with van der Waals surface area (Å²) in [7, 11) is 0. The Balaban J connectivity index is 0.00000348. The van der Waals surface area contributed by atoms with Gasteiger partial charge < -0.3 is 19.4 Å². The van der Waals surface area contributed by atoms with Crippen LogP contribution in [0.25, 0.3) is 58.9 Å². The third-order valence-corrected chi connectivity index (χ3v) is 11.1. The number of nitrogens with zero attached hydrogens (tertiary/aromatic N) is 4. The van der Waals surface area contributed by atoms with Crippen molar-refractivity contribution >= 4 is 76.1 Å². The molecule has 9 aromatic rings. The molecule has 0 amide bonds. The number of fused-ring (bicyclic) bond motifs is 8. The second-order valence-electron chi connectivity index (χ2n) is 13.1. The van der Waals surface area contributed by atoms with E-state index in [1.807, 2.05) is 23.6 Å². The first-order valence-electron chi connectivity index (χ1n) is 16.9. The van der Waals surface area contributed by atoms with Crippen LogP contribution in [0.4, 0.5) is 22.7 Å². The van der Waals surface area contributed by atoms with Crippen molar-refractivity contribution in [1.82, 2.24) is 9.55 Å². The van der Waals surface area contributed by atoms with Gasteiger partial charge in [-0.1, -0.05) is 94.8 Å². The van der Waals surface area contributed by atoms with Crippen LogP contribution in [0.1, 0.15) is 16.7 Å². The molecular formula is C45H31N4PtS-3. The van der Waals surface area contributed by atoms with Crippen LogP contribution in [0.2, 0.25) is 0 Å². The summed E-state index contributed by atoms with van der Waals surface area (Å²) < 4.78 is 4.85. The zero-order valence-corrected chi connectivity index (χ0v) is 31.3. The van der Waals surface area contributed by atoms with Crippen molar-refractivity contribution in [2.45, 2.75) is 20.8 Å². The van der Waals surface area contributed by atoms with Gasteiger partial charge in [0.1, 0.15) is 0 Å². The maximum Gasteiger partial charge on any atom is 0.0410 e. The van der Waals surface area contributed by atoms with E-state index < -0.39 is 0 Å². The summed E-state index contributed by atoms with van der Waals surface area (Å²) in [6.45, 7) is 8.78. The van der Waals surface area contributed by atoms with Crippen LogP contribution in [0.5, 0.6) is 0 Å². The van der Waals surface area contributed by atoms with Gasteiger partial charge >= 0.3 is 0 Å². The van der Waals surface area contributed by atoms with Crippen LogP contribution in [0, 0.1) is 39.6 Å². The number of para-hydroxylation sites is 3. The molecule has 0 unspecified atom stereocenters. The largest absolute Gasteiger partial charge is 0.493 e. The molecule has 0 N–H and O–H groups in total. The van der Waals surface area contributed by atoms with Gasteiger partial charge in [0.05, 0.1) is 0 Å². The van der Waals surface area contributed by atoms with Gasteiger partial charge in [-0.15, -0.1) is 42.2 Å². The van der Waals surface area contributed by atoms with E-state index >= 15 is 0 Å². The molecule has 4 heterocycles. The molecule has 3 aromatic heterocycles. The van der Waals surface area contributed by atoms with Gasteiger partial charge in [0.15, 0.2) is 0 Å². The number of hydrogen-bond donors (Lipinski definition) is 0. The van der Waals surface area contributed by atoms with Crippen molar-refractivity contribution in [3.8, 4) is 16.9 Å². The van der Waals surface area contributed by atoms with E-state index in [1.165, 1.54) is 53.3 Å². The Morgan fingerprint density at radius 1 is 0.647 bits per heavy atom. The van der Waals surface area contributed by atoms with Crippen molar-refractivity contribution in [2.75, 3.05) is 9.80 Å². The molecule has 0 aliphatic carbocycles. The van der Waals surface area contributed by atoms with Crippen molar-refractivity contribution in [1.29, 1.82) is 0 Å². The summed E-state index contributed by atoms with van der Waals surface area (Å²) in [6.07, 6.45) is 1.87. The summed E-state index contributed by atoms with van der Waals surface area (Å²) in [5.74, 6) is 0. The molecule has 6 heteroatoms. The molecular weight excluding hydrogens is 824 g/mol. The average molecular weight is 855 g/mol. The van der Waals surface area contributed by atoms with Crippen LogP contribution >= 0.6 is 11.3 Å². The zero-order valence-electron chi connectivity index (χ0n) is 28.2. The Morgan fingerprint density at radius 3 is 2.12 bits per heavy atom. The van der Waals surface area contributed by atoms with Crippen LogP contribution in [0.3, 0.4) is 0 Å². The molecule has 0 saturated carbocycles. The second-order valence-corrected chi connectivity index (χ2v) is 14.2. The monoisotopic (exact) mass is 854 g/mol. The predicted octanol–water partition coefficient (Wildman–Crippen LogP) is 12.1. The Kier molecular flexibility index (Phi) is 7.61. The molecule has 0 spiro atoms. The maximum absolute atomic E-state index is 4.83. The quantitative estimate of drug-likeness (QED) is 0.165. The summed E-state index contributed by atoms with van der Waals surface area (Å²) in [5, 5.41) is 4.87. The van der Waals surface area contributed by atoms with Gasteiger partial charge in [0.25, 0.3) is 0 Å². The number of aryl methyl sites for hydroxylation is 3. The first kappa shape index (κ1) is 31.7. The predicted molar refractivity (Wildman–Crippen MR) is 210 cm³/mol. The van der Waals surface area contributed by atoms with Gasteiger partial charge in [0.2, 0.25) is 0 Å². The van der Waals surface area contributed by atoms with Crippen LogP contribution < -0.4 is 9.80 Å². The van der Waals surface area contributed by atoms with Crippen LogP contribution in [-0.2, 0) is 21.1 Å². The summed E-state index contributed by atoms with van der Waals surface area (Å²) in [6, 6.07) is 50.9. The molecule has 4 nitrogen and oxygen atoms in total. The number of thiophene rings is 1. The number of anilines is 4. The van der Waals surface area contributed by atoms with Crippen molar-refractivity contribution in [3.05, 3.63) is 163 Å². The number of benzene rings is 6. The SMILES string of the molecule is Cc1cc(C)c(N2[CH-]N(c3[c-]c(-n4c5[c-]c(-c6ccccn6)c6c7ccccc7sc6c5c5ccccc54)ccc3)c3ccccc32)c(C)c1.[Pt]. The first-order valence-corrected chi connectivity index (χ1v) is 17.7. The summed E-state index contributed by atoms with van der Waals surface area (Å²) >= 11 is 1.85. The van der Waals surface area contributed by atoms with E-state index in [0.29, 0.717) is 0 Å². The number of aromatic nitrogens is 2. The van der Waals surface area contributed by atoms with Gasteiger partial charge in [-0.05, 0) is 88.9 Å². The molecule has 1 aliphatic rings. The minimum Gasteiger partial charge on any atom is -0.493 e. The Hall–Kier alpha value is -5.22. The molecule has 10 rings (SSSR count). The van der Waals surface area contributed by atoms with Crippen molar-refractivity contribution in [2.24, 2.45) is 0 Å². The molecule has 250 valence electrons. The van der Waals surface area contributed by atoms with Crippen LogP contribution in [0.15, 0.2) is 128 Å².